The van der Waals surface area contributed by atoms with Crippen molar-refractivity contribution < 1.29 is 9.31 Å². The number of nitrogens with zero attached hydrogens (tertiary/aromatic N) is 1. The summed E-state index contributed by atoms with van der Waals surface area (Å²) in [5, 5.41) is 10.4. The highest BCUT2D eigenvalue weighted by Crippen LogP contribution is 2.24. The van der Waals surface area contributed by atoms with Gasteiger partial charge < -0.3 is 5.73 Å². The maximum absolute atomic E-state index is 13.2. The molecule has 0 saturated heterocycles. The molecule has 0 fully saturated rings. The Morgan fingerprint density at radius 1 is 1.47 bits per heavy atom. The van der Waals surface area contributed by atoms with E-state index in [9.17, 15) is 14.5 Å². The molecule has 0 spiro atoms. The van der Waals surface area contributed by atoms with Crippen molar-refractivity contribution in [3.8, 4) is 0 Å². The van der Waals surface area contributed by atoms with Gasteiger partial charge in [0.15, 0.2) is 0 Å². The van der Waals surface area contributed by atoms with Crippen LogP contribution in [-0.2, 0) is 0 Å². The molecule has 1 rings (SSSR count). The summed E-state index contributed by atoms with van der Waals surface area (Å²) in [6, 6.07) is 3.46. The quantitative estimate of drug-likeness (QED) is 0.617. The molecule has 1 atom stereocenters. The lowest BCUT2D eigenvalue weighted by Gasteiger charge is -2.15. The average Bonchev–Trinajstić information content (AvgIpc) is 2.15. The number of nitro benzene ring substituents is 1. The third-order valence-corrected chi connectivity index (χ3v) is 2.27. The predicted molar refractivity (Wildman–Crippen MR) is 54.8 cm³/mol. The van der Waals surface area contributed by atoms with Crippen LogP contribution >= 0.6 is 0 Å². The maximum atomic E-state index is 13.2. The van der Waals surface area contributed by atoms with E-state index >= 15 is 0 Å². The lowest BCUT2D eigenvalue weighted by atomic mass is 9.97. The largest absolute Gasteiger partial charge is 0.324 e. The third kappa shape index (κ3) is 2.50. The van der Waals surface area contributed by atoms with Gasteiger partial charge in [-0.15, -0.1) is 0 Å². The van der Waals surface area contributed by atoms with Crippen molar-refractivity contribution in [2.75, 3.05) is 0 Å². The highest BCUT2D eigenvalue weighted by molar-refractivity contribution is 5.36. The van der Waals surface area contributed by atoms with Crippen LogP contribution in [0.4, 0.5) is 10.1 Å². The van der Waals surface area contributed by atoms with Gasteiger partial charge in [0.2, 0.25) is 5.82 Å². The molecule has 0 aromatic heterocycles. The minimum Gasteiger partial charge on any atom is -0.324 e. The van der Waals surface area contributed by atoms with Gasteiger partial charge in [-0.05, 0) is 17.5 Å². The van der Waals surface area contributed by atoms with Gasteiger partial charge in [0.05, 0.1) is 4.92 Å². The summed E-state index contributed by atoms with van der Waals surface area (Å²) in [6.07, 6.45) is 0. The zero-order chi connectivity index (χ0) is 11.6. The number of hydrogen-bond acceptors (Lipinski definition) is 3. The molecule has 82 valence electrons. The van der Waals surface area contributed by atoms with Crippen molar-refractivity contribution in [1.82, 2.24) is 0 Å². The van der Waals surface area contributed by atoms with Gasteiger partial charge in [-0.3, -0.25) is 10.1 Å². The van der Waals surface area contributed by atoms with Gasteiger partial charge in [0, 0.05) is 12.1 Å². The Kier molecular flexibility index (Phi) is 3.36. The highest BCUT2D eigenvalue weighted by Gasteiger charge is 2.17. The molecule has 0 unspecified atom stereocenters. The molecule has 5 heteroatoms. The lowest BCUT2D eigenvalue weighted by Crippen LogP contribution is -2.16. The van der Waals surface area contributed by atoms with Gasteiger partial charge in [0.1, 0.15) is 0 Å². The summed E-state index contributed by atoms with van der Waals surface area (Å²) >= 11 is 0. The van der Waals surface area contributed by atoms with Crippen molar-refractivity contribution in [1.29, 1.82) is 0 Å². The second kappa shape index (κ2) is 4.35. The Morgan fingerprint density at radius 3 is 2.47 bits per heavy atom. The Labute approximate surface area is 87.0 Å². The van der Waals surface area contributed by atoms with E-state index in [2.05, 4.69) is 0 Å². The van der Waals surface area contributed by atoms with Gasteiger partial charge in [-0.2, -0.15) is 4.39 Å². The van der Waals surface area contributed by atoms with E-state index in [1.54, 1.807) is 0 Å². The molecule has 0 saturated carbocycles. The van der Waals surface area contributed by atoms with Gasteiger partial charge >= 0.3 is 5.69 Å². The Balaban J connectivity index is 3.06. The van der Waals surface area contributed by atoms with E-state index in [-0.39, 0.29) is 12.0 Å². The summed E-state index contributed by atoms with van der Waals surface area (Å²) in [6.45, 7) is 3.81. The smallest absolute Gasteiger partial charge is 0.304 e. The molecular formula is C10H13FN2O2. The number of nitrogens with two attached hydrogens (primary N) is 1. The number of benzene rings is 1. The highest BCUT2D eigenvalue weighted by atomic mass is 19.1. The molecule has 0 bridgehead atoms. The van der Waals surface area contributed by atoms with E-state index < -0.39 is 16.4 Å². The van der Waals surface area contributed by atoms with Crippen LogP contribution < -0.4 is 5.73 Å². The topological polar surface area (TPSA) is 69.2 Å². The number of hydrogen-bond donors (Lipinski definition) is 1. The molecule has 0 aliphatic carbocycles. The fourth-order valence-electron chi connectivity index (χ4n) is 1.26. The summed E-state index contributed by atoms with van der Waals surface area (Å²) in [5.41, 5.74) is 5.85. The summed E-state index contributed by atoms with van der Waals surface area (Å²) in [4.78, 5) is 9.62. The second-order valence-corrected chi connectivity index (χ2v) is 3.74. The standard InChI is InChI=1S/C10H13FN2O2/c1-6(2)10(12)7-3-4-9(13(14)15)8(11)5-7/h3-6,10H,12H2,1-2H3/t10-/m1/s1. The molecule has 4 nitrogen and oxygen atoms in total. The normalized spacial score (nSPS) is 12.9. The zero-order valence-corrected chi connectivity index (χ0v) is 8.61. The monoisotopic (exact) mass is 212 g/mol. The van der Waals surface area contributed by atoms with Crippen molar-refractivity contribution in [3.63, 3.8) is 0 Å². The predicted octanol–water partition coefficient (Wildman–Crippen LogP) is 2.39. The van der Waals surface area contributed by atoms with E-state index in [4.69, 9.17) is 5.73 Å². The van der Waals surface area contributed by atoms with Crippen molar-refractivity contribution >= 4 is 5.69 Å². The van der Waals surface area contributed by atoms with E-state index in [1.807, 2.05) is 13.8 Å². The van der Waals surface area contributed by atoms with Crippen LogP contribution in [-0.4, -0.2) is 4.92 Å². The molecular weight excluding hydrogens is 199 g/mol. The molecule has 2 N–H and O–H groups in total. The van der Waals surface area contributed by atoms with Crippen LogP contribution in [0.25, 0.3) is 0 Å². The minimum atomic E-state index is -0.839. The van der Waals surface area contributed by atoms with E-state index in [0.717, 1.165) is 12.1 Å². The van der Waals surface area contributed by atoms with Gasteiger partial charge in [-0.25, -0.2) is 0 Å². The van der Waals surface area contributed by atoms with Crippen LogP contribution in [0.2, 0.25) is 0 Å². The third-order valence-electron chi connectivity index (χ3n) is 2.27. The fraction of sp³-hybridized carbons (Fsp3) is 0.400. The molecule has 0 heterocycles. The maximum Gasteiger partial charge on any atom is 0.304 e. The van der Waals surface area contributed by atoms with Crippen LogP contribution in [0, 0.1) is 21.8 Å². The first-order valence-electron chi connectivity index (χ1n) is 4.63. The molecule has 0 aliphatic heterocycles. The van der Waals surface area contributed by atoms with Crippen LogP contribution in [0.15, 0.2) is 18.2 Å². The van der Waals surface area contributed by atoms with Crippen molar-refractivity contribution in [2.45, 2.75) is 19.9 Å². The summed E-state index contributed by atoms with van der Waals surface area (Å²) in [7, 11) is 0. The number of nitro groups is 1. The van der Waals surface area contributed by atoms with Crippen molar-refractivity contribution in [3.05, 3.63) is 39.7 Å². The van der Waals surface area contributed by atoms with Gasteiger partial charge in [-0.1, -0.05) is 19.9 Å². The summed E-state index contributed by atoms with van der Waals surface area (Å²) in [5.74, 6) is -0.681. The first-order valence-corrected chi connectivity index (χ1v) is 4.63. The minimum absolute atomic E-state index is 0.158. The Morgan fingerprint density at radius 2 is 2.07 bits per heavy atom. The molecule has 1 aromatic carbocycles. The van der Waals surface area contributed by atoms with Crippen LogP contribution in [0.1, 0.15) is 25.5 Å². The van der Waals surface area contributed by atoms with E-state index in [0.29, 0.717) is 5.56 Å². The molecule has 0 aliphatic rings. The van der Waals surface area contributed by atoms with E-state index in [1.165, 1.54) is 6.07 Å². The first kappa shape index (κ1) is 11.6. The first-order chi connectivity index (χ1) is 6.93. The van der Waals surface area contributed by atoms with Gasteiger partial charge in [0.25, 0.3) is 0 Å². The van der Waals surface area contributed by atoms with Crippen LogP contribution in [0.3, 0.4) is 0 Å². The Bertz CT molecular complexity index is 380. The summed E-state index contributed by atoms with van der Waals surface area (Å²) < 4.78 is 13.2. The molecule has 0 radical (unpaired) electrons. The molecule has 1 aromatic rings. The molecule has 0 amide bonds. The molecule has 15 heavy (non-hydrogen) atoms. The number of halogens is 1. The average molecular weight is 212 g/mol. The SMILES string of the molecule is CC(C)[C@@H](N)c1ccc([N+](=O)[O-])c(F)c1. The lowest BCUT2D eigenvalue weighted by molar-refractivity contribution is -0.387. The van der Waals surface area contributed by atoms with Crippen molar-refractivity contribution in [2.24, 2.45) is 11.7 Å². The van der Waals surface area contributed by atoms with Crippen LogP contribution in [0.5, 0.6) is 0 Å². The zero-order valence-electron chi connectivity index (χ0n) is 8.61. The fourth-order valence-corrected chi connectivity index (χ4v) is 1.26. The Hall–Kier alpha value is -1.49. The second-order valence-electron chi connectivity index (χ2n) is 3.74. The number of rotatable bonds is 3.